The van der Waals surface area contributed by atoms with E-state index < -0.39 is 0 Å². The van der Waals surface area contributed by atoms with Crippen LogP contribution in [-0.4, -0.2) is 19.5 Å². The van der Waals surface area contributed by atoms with Crippen LogP contribution >= 0.6 is 0 Å². The first-order chi connectivity index (χ1) is 7.36. The Bertz CT molecular complexity index is 557. The Morgan fingerprint density at radius 3 is 2.60 bits per heavy atom. The Morgan fingerprint density at radius 1 is 1.13 bits per heavy atom. The maximum absolute atomic E-state index is 8.87. The number of aromatic nitrogens is 4. The Labute approximate surface area is 85.1 Å². The van der Waals surface area contributed by atoms with Gasteiger partial charge in [0.25, 0.3) is 0 Å². The van der Waals surface area contributed by atoms with Crippen molar-refractivity contribution in [2.75, 3.05) is 0 Å². The number of nitrogens with zero attached hydrogens (tertiary/aromatic N) is 6. The summed E-state index contributed by atoms with van der Waals surface area (Å²) in [5, 5.41) is 17.6. The van der Waals surface area contributed by atoms with Crippen LogP contribution in [0.4, 0.5) is 0 Å². The lowest BCUT2D eigenvalue weighted by molar-refractivity contribution is 0.956. The molecule has 0 saturated carbocycles. The topological polar surface area (TPSA) is 91.2 Å². The molecule has 0 saturated heterocycles. The van der Waals surface area contributed by atoms with Crippen molar-refractivity contribution in [3.05, 3.63) is 36.3 Å². The maximum atomic E-state index is 8.87. The molecule has 0 radical (unpaired) electrons. The largest absolute Gasteiger partial charge is 0.272 e. The second-order valence-corrected chi connectivity index (χ2v) is 2.60. The molecular weight excluding hydrogens is 192 g/mol. The fourth-order valence-corrected chi connectivity index (χ4v) is 1.13. The van der Waals surface area contributed by atoms with Crippen LogP contribution in [0.2, 0.25) is 0 Å². The third kappa shape index (κ3) is 1.40. The Hall–Kier alpha value is -2.73. The van der Waals surface area contributed by atoms with Crippen molar-refractivity contribution in [3.8, 4) is 18.0 Å². The summed E-state index contributed by atoms with van der Waals surface area (Å²) < 4.78 is 1.42. The zero-order valence-corrected chi connectivity index (χ0v) is 7.49. The second kappa shape index (κ2) is 3.56. The van der Waals surface area contributed by atoms with Crippen LogP contribution in [0, 0.1) is 22.7 Å². The van der Waals surface area contributed by atoms with Crippen LogP contribution in [0.1, 0.15) is 11.4 Å². The summed E-state index contributed by atoms with van der Waals surface area (Å²) in [5.41, 5.74) is 0.251. The van der Waals surface area contributed by atoms with Crippen LogP contribution in [0.5, 0.6) is 0 Å². The number of nitriles is 2. The minimum Gasteiger partial charge on any atom is -0.272 e. The van der Waals surface area contributed by atoms with E-state index >= 15 is 0 Å². The highest BCUT2D eigenvalue weighted by Crippen LogP contribution is 2.09. The lowest BCUT2D eigenvalue weighted by atomic mass is 10.3. The summed E-state index contributed by atoms with van der Waals surface area (Å²) in [4.78, 5) is 11.7. The van der Waals surface area contributed by atoms with Gasteiger partial charge in [-0.05, 0) is 0 Å². The summed E-state index contributed by atoms with van der Waals surface area (Å²) in [6.45, 7) is 0. The second-order valence-electron chi connectivity index (χ2n) is 2.60. The predicted octanol–water partition coefficient (Wildman–Crippen LogP) is 0.406. The molecule has 0 atom stereocenters. The van der Waals surface area contributed by atoms with Gasteiger partial charge < -0.3 is 0 Å². The lowest BCUT2D eigenvalue weighted by Gasteiger charge is -1.99. The zero-order chi connectivity index (χ0) is 10.7. The minimum atomic E-state index is 0.0863. The summed E-state index contributed by atoms with van der Waals surface area (Å²) in [5.74, 6) is 0.461. The van der Waals surface area contributed by atoms with Gasteiger partial charge in [0.15, 0.2) is 17.2 Å². The molecule has 0 unspecified atom stereocenters. The highest BCUT2D eigenvalue weighted by molar-refractivity contribution is 5.40. The number of imidazole rings is 1. The normalized spacial score (nSPS) is 9.20. The van der Waals surface area contributed by atoms with Gasteiger partial charge in [0.1, 0.15) is 18.5 Å². The van der Waals surface area contributed by atoms with E-state index in [2.05, 4.69) is 15.0 Å². The van der Waals surface area contributed by atoms with E-state index in [1.165, 1.54) is 29.5 Å². The van der Waals surface area contributed by atoms with E-state index in [0.29, 0.717) is 5.82 Å². The molecule has 15 heavy (non-hydrogen) atoms. The molecule has 0 fully saturated rings. The quantitative estimate of drug-likeness (QED) is 0.658. The highest BCUT2D eigenvalue weighted by Gasteiger charge is 2.11. The van der Waals surface area contributed by atoms with Crippen molar-refractivity contribution in [2.24, 2.45) is 0 Å². The fourth-order valence-electron chi connectivity index (χ4n) is 1.13. The number of hydrogen-bond acceptors (Lipinski definition) is 5. The fraction of sp³-hybridized carbons (Fsp3) is 0. The molecule has 0 bridgehead atoms. The van der Waals surface area contributed by atoms with Gasteiger partial charge in [0.2, 0.25) is 0 Å². The highest BCUT2D eigenvalue weighted by atomic mass is 15.1. The van der Waals surface area contributed by atoms with Crippen molar-refractivity contribution in [1.29, 1.82) is 10.5 Å². The molecular formula is C9H4N6. The van der Waals surface area contributed by atoms with E-state index in [1.807, 2.05) is 12.1 Å². The minimum absolute atomic E-state index is 0.0863. The monoisotopic (exact) mass is 196 g/mol. The summed E-state index contributed by atoms with van der Waals surface area (Å²) in [7, 11) is 0. The third-order valence-electron chi connectivity index (χ3n) is 1.78. The zero-order valence-electron chi connectivity index (χ0n) is 7.49. The van der Waals surface area contributed by atoms with Crippen LogP contribution in [-0.2, 0) is 0 Å². The lowest BCUT2D eigenvalue weighted by Crippen LogP contribution is -1.99. The van der Waals surface area contributed by atoms with Gasteiger partial charge in [-0.1, -0.05) is 0 Å². The van der Waals surface area contributed by atoms with Crippen molar-refractivity contribution in [2.45, 2.75) is 0 Å². The molecule has 6 nitrogen and oxygen atoms in total. The van der Waals surface area contributed by atoms with Gasteiger partial charge in [-0.15, -0.1) is 0 Å². The van der Waals surface area contributed by atoms with Gasteiger partial charge in [0, 0.05) is 12.4 Å². The molecule has 2 aromatic heterocycles. The smallest absolute Gasteiger partial charge is 0.177 e. The van der Waals surface area contributed by atoms with E-state index in [0.717, 1.165) is 0 Å². The predicted molar refractivity (Wildman–Crippen MR) is 48.6 cm³/mol. The molecule has 0 spiro atoms. The molecule has 2 aromatic rings. The Balaban J connectivity index is 2.62. The number of rotatable bonds is 1. The standard InChI is InChI=1S/C9H4N6/c10-3-7-8(4-11)15(6-14-7)9-5-12-1-2-13-9/h1-2,5-6H. The molecule has 0 aliphatic carbocycles. The average molecular weight is 196 g/mol. The van der Waals surface area contributed by atoms with E-state index in [1.54, 1.807) is 0 Å². The molecule has 70 valence electrons. The molecule has 6 heteroatoms. The first-order valence-corrected chi connectivity index (χ1v) is 4.00. The third-order valence-corrected chi connectivity index (χ3v) is 1.78. The van der Waals surface area contributed by atoms with Crippen molar-refractivity contribution < 1.29 is 0 Å². The van der Waals surface area contributed by atoms with E-state index in [-0.39, 0.29) is 11.4 Å². The Morgan fingerprint density at radius 2 is 2.00 bits per heavy atom. The molecule has 0 N–H and O–H groups in total. The first kappa shape index (κ1) is 8.85. The molecule has 0 aliphatic heterocycles. The summed E-state index contributed by atoms with van der Waals surface area (Å²) >= 11 is 0. The average Bonchev–Trinajstić information content (AvgIpc) is 2.72. The van der Waals surface area contributed by atoms with Crippen LogP contribution < -0.4 is 0 Å². The van der Waals surface area contributed by atoms with Crippen molar-refractivity contribution >= 4 is 0 Å². The first-order valence-electron chi connectivity index (χ1n) is 4.00. The van der Waals surface area contributed by atoms with Gasteiger partial charge >= 0.3 is 0 Å². The van der Waals surface area contributed by atoms with Crippen molar-refractivity contribution in [3.63, 3.8) is 0 Å². The van der Waals surface area contributed by atoms with Gasteiger partial charge in [-0.2, -0.15) is 10.5 Å². The van der Waals surface area contributed by atoms with Crippen LogP contribution in [0.15, 0.2) is 24.9 Å². The number of hydrogen-bond donors (Lipinski definition) is 0. The molecule has 0 amide bonds. The van der Waals surface area contributed by atoms with Gasteiger partial charge in [0.05, 0.1) is 6.20 Å². The van der Waals surface area contributed by atoms with Crippen LogP contribution in [0.25, 0.3) is 5.82 Å². The maximum Gasteiger partial charge on any atom is 0.177 e. The molecule has 0 aliphatic rings. The SMILES string of the molecule is N#Cc1ncn(-c2cnccn2)c1C#N. The van der Waals surface area contributed by atoms with Gasteiger partial charge in [-0.3, -0.25) is 9.55 Å². The molecule has 2 rings (SSSR count). The van der Waals surface area contributed by atoms with E-state index in [4.69, 9.17) is 10.5 Å². The summed E-state index contributed by atoms with van der Waals surface area (Å²) in [6.07, 6.45) is 5.89. The molecule has 0 aromatic carbocycles. The van der Waals surface area contributed by atoms with Gasteiger partial charge in [-0.25, -0.2) is 9.97 Å². The Kier molecular flexibility index (Phi) is 2.10. The van der Waals surface area contributed by atoms with Crippen LogP contribution in [0.3, 0.4) is 0 Å². The van der Waals surface area contributed by atoms with Crippen molar-refractivity contribution in [1.82, 2.24) is 19.5 Å². The summed E-state index contributed by atoms with van der Waals surface area (Å²) in [6, 6.07) is 3.74. The molecule has 2 heterocycles. The van der Waals surface area contributed by atoms with E-state index in [9.17, 15) is 0 Å².